The Labute approximate surface area is 182 Å². The molecule has 2 unspecified atom stereocenters. The minimum atomic E-state index is -1.14. The summed E-state index contributed by atoms with van der Waals surface area (Å²) in [7, 11) is 0. The highest BCUT2D eigenvalue weighted by Crippen LogP contribution is 2.44. The topological polar surface area (TPSA) is 78.8 Å². The Bertz CT molecular complexity index is 1050. The van der Waals surface area contributed by atoms with Gasteiger partial charge in [-0.3, -0.25) is 0 Å². The maximum atomic E-state index is 12.3. The third-order valence-electron chi connectivity index (χ3n) is 6.13. The van der Waals surface area contributed by atoms with Crippen LogP contribution in [0.1, 0.15) is 39.8 Å². The average Bonchev–Trinajstić information content (AvgIpc) is 3.11. The average molecular weight is 418 g/mol. The molecule has 31 heavy (non-hydrogen) atoms. The van der Waals surface area contributed by atoms with Crippen molar-refractivity contribution in [1.82, 2.24) is 5.32 Å². The van der Waals surface area contributed by atoms with Gasteiger partial charge in [0.2, 0.25) is 0 Å². The summed E-state index contributed by atoms with van der Waals surface area (Å²) < 4.78 is 5.48. The van der Waals surface area contributed by atoms with Crippen LogP contribution in [0.25, 0.3) is 11.1 Å². The molecular weight excluding hydrogens is 390 g/mol. The summed E-state index contributed by atoms with van der Waals surface area (Å²) in [5.74, 6) is -0.0244. The van der Waals surface area contributed by atoms with E-state index in [0.717, 1.165) is 22.3 Å². The number of benzene rings is 3. The highest BCUT2D eigenvalue weighted by Gasteiger charge is 2.29. The first kappa shape index (κ1) is 21.1. The molecule has 1 amide bonds. The van der Waals surface area contributed by atoms with Crippen molar-refractivity contribution >= 4 is 6.09 Å². The van der Waals surface area contributed by atoms with Crippen LogP contribution in [0.4, 0.5) is 4.79 Å². The molecule has 3 aromatic rings. The van der Waals surface area contributed by atoms with Crippen LogP contribution in [0.15, 0.2) is 66.7 Å². The number of carbonyl (C=O) groups is 1. The van der Waals surface area contributed by atoms with Crippen molar-refractivity contribution in [2.75, 3.05) is 13.2 Å². The fourth-order valence-electron chi connectivity index (χ4n) is 4.25. The van der Waals surface area contributed by atoms with E-state index in [1.807, 2.05) is 50.2 Å². The second-order valence-corrected chi connectivity index (χ2v) is 8.01. The Balaban J connectivity index is 1.35. The number of carbonyl (C=O) groups excluding carboxylic acids is 1. The SMILES string of the molecule is Cc1cccc(C(O)C(O)CNC(=O)OCC2c3ccccc3-c3ccccc32)c1C. The number of rotatable bonds is 6. The predicted octanol–water partition coefficient (Wildman–Crippen LogP) is 4.24. The molecule has 5 heteroatoms. The van der Waals surface area contributed by atoms with E-state index in [1.165, 1.54) is 11.1 Å². The molecule has 0 aromatic heterocycles. The molecule has 3 aromatic carbocycles. The molecule has 2 atom stereocenters. The number of aliphatic hydroxyl groups excluding tert-OH is 2. The highest BCUT2D eigenvalue weighted by molar-refractivity contribution is 5.79. The van der Waals surface area contributed by atoms with Gasteiger partial charge >= 0.3 is 6.09 Å². The Morgan fingerprint density at radius 3 is 2.19 bits per heavy atom. The van der Waals surface area contributed by atoms with Gasteiger partial charge in [0.1, 0.15) is 18.8 Å². The van der Waals surface area contributed by atoms with Crippen molar-refractivity contribution in [1.29, 1.82) is 0 Å². The van der Waals surface area contributed by atoms with E-state index in [1.54, 1.807) is 6.07 Å². The molecule has 4 rings (SSSR count). The second-order valence-electron chi connectivity index (χ2n) is 8.01. The van der Waals surface area contributed by atoms with Crippen molar-refractivity contribution in [2.24, 2.45) is 0 Å². The van der Waals surface area contributed by atoms with E-state index in [-0.39, 0.29) is 19.1 Å². The van der Waals surface area contributed by atoms with Crippen LogP contribution in [0.3, 0.4) is 0 Å². The van der Waals surface area contributed by atoms with Gasteiger partial charge in [-0.25, -0.2) is 4.79 Å². The summed E-state index contributed by atoms with van der Waals surface area (Å²) in [5, 5.41) is 23.4. The lowest BCUT2D eigenvalue weighted by Crippen LogP contribution is -2.36. The number of nitrogens with one attached hydrogen (secondary N) is 1. The summed E-state index contributed by atoms with van der Waals surface area (Å²) in [6.45, 7) is 3.95. The second kappa shape index (κ2) is 8.92. The monoisotopic (exact) mass is 417 g/mol. The molecule has 0 saturated carbocycles. The third-order valence-corrected chi connectivity index (χ3v) is 6.13. The lowest BCUT2D eigenvalue weighted by molar-refractivity contribution is 0.0181. The van der Waals surface area contributed by atoms with Gasteiger partial charge in [0.25, 0.3) is 0 Å². The Morgan fingerprint density at radius 2 is 1.55 bits per heavy atom. The number of fused-ring (bicyclic) bond motifs is 3. The number of alkyl carbamates (subject to hydrolysis) is 1. The third kappa shape index (κ3) is 4.20. The fourth-order valence-corrected chi connectivity index (χ4v) is 4.25. The van der Waals surface area contributed by atoms with Gasteiger partial charge in [0, 0.05) is 12.5 Å². The van der Waals surface area contributed by atoms with Gasteiger partial charge in [-0.1, -0.05) is 66.7 Å². The van der Waals surface area contributed by atoms with Crippen LogP contribution in [0.2, 0.25) is 0 Å². The van der Waals surface area contributed by atoms with Crippen LogP contribution in [-0.2, 0) is 4.74 Å². The molecule has 0 spiro atoms. The van der Waals surface area contributed by atoms with Crippen molar-refractivity contribution in [3.63, 3.8) is 0 Å². The van der Waals surface area contributed by atoms with Crippen molar-refractivity contribution < 1.29 is 19.7 Å². The summed E-state index contributed by atoms with van der Waals surface area (Å²) in [6.07, 6.45) is -2.84. The molecule has 1 aliphatic carbocycles. The zero-order valence-corrected chi connectivity index (χ0v) is 17.7. The number of hydrogen-bond donors (Lipinski definition) is 3. The number of ether oxygens (including phenoxy) is 1. The molecule has 0 radical (unpaired) electrons. The normalized spacial score (nSPS) is 14.5. The van der Waals surface area contributed by atoms with Gasteiger partial charge in [0.05, 0.1) is 0 Å². The molecule has 0 saturated heterocycles. The molecule has 0 fully saturated rings. The maximum absolute atomic E-state index is 12.3. The van der Waals surface area contributed by atoms with Gasteiger partial charge in [0.15, 0.2) is 0 Å². The molecule has 0 bridgehead atoms. The summed E-state index contributed by atoms with van der Waals surface area (Å²) >= 11 is 0. The molecule has 3 N–H and O–H groups in total. The van der Waals surface area contributed by atoms with E-state index >= 15 is 0 Å². The minimum absolute atomic E-state index is 0.0244. The van der Waals surface area contributed by atoms with Gasteiger partial charge in [-0.15, -0.1) is 0 Å². The van der Waals surface area contributed by atoms with Crippen molar-refractivity contribution in [2.45, 2.75) is 32.0 Å². The van der Waals surface area contributed by atoms with Gasteiger partial charge in [-0.05, 0) is 52.8 Å². The first-order valence-corrected chi connectivity index (χ1v) is 10.5. The molecule has 5 nitrogen and oxygen atoms in total. The van der Waals surface area contributed by atoms with Crippen LogP contribution < -0.4 is 5.32 Å². The Morgan fingerprint density at radius 1 is 0.935 bits per heavy atom. The lowest BCUT2D eigenvalue weighted by Gasteiger charge is -2.21. The van der Waals surface area contributed by atoms with E-state index < -0.39 is 18.3 Å². The van der Waals surface area contributed by atoms with E-state index in [4.69, 9.17) is 4.74 Å². The minimum Gasteiger partial charge on any atom is -0.449 e. The van der Waals surface area contributed by atoms with E-state index in [0.29, 0.717) is 5.56 Å². The van der Waals surface area contributed by atoms with Crippen LogP contribution in [0, 0.1) is 13.8 Å². The largest absolute Gasteiger partial charge is 0.449 e. The van der Waals surface area contributed by atoms with Crippen molar-refractivity contribution in [3.8, 4) is 11.1 Å². The number of hydrogen-bond acceptors (Lipinski definition) is 4. The highest BCUT2D eigenvalue weighted by atomic mass is 16.5. The van der Waals surface area contributed by atoms with Crippen LogP contribution >= 0.6 is 0 Å². The quantitative estimate of drug-likeness (QED) is 0.561. The van der Waals surface area contributed by atoms with Crippen LogP contribution in [-0.4, -0.2) is 35.6 Å². The zero-order chi connectivity index (χ0) is 22.0. The van der Waals surface area contributed by atoms with Gasteiger partial charge < -0.3 is 20.3 Å². The summed E-state index contributed by atoms with van der Waals surface area (Å²) in [5.41, 5.74) is 7.23. The molecule has 1 aliphatic rings. The molecular formula is C26H27NO4. The summed E-state index contributed by atoms with van der Waals surface area (Å²) in [6, 6.07) is 21.9. The zero-order valence-electron chi connectivity index (χ0n) is 17.7. The van der Waals surface area contributed by atoms with Crippen molar-refractivity contribution in [3.05, 3.63) is 94.5 Å². The molecule has 0 heterocycles. The van der Waals surface area contributed by atoms with Crippen LogP contribution in [0.5, 0.6) is 0 Å². The maximum Gasteiger partial charge on any atom is 0.407 e. The smallest absolute Gasteiger partial charge is 0.407 e. The first-order valence-electron chi connectivity index (χ1n) is 10.5. The fraction of sp³-hybridized carbons (Fsp3) is 0.269. The van der Waals surface area contributed by atoms with E-state index in [2.05, 4.69) is 29.6 Å². The number of amides is 1. The van der Waals surface area contributed by atoms with Gasteiger partial charge in [-0.2, -0.15) is 0 Å². The summed E-state index contributed by atoms with van der Waals surface area (Å²) in [4.78, 5) is 12.3. The standard InChI is InChI=1S/C26H27NO4/c1-16-8-7-13-18(17(16)2)25(29)24(28)14-27-26(30)31-15-23-21-11-5-3-9-19(21)20-10-4-6-12-22(20)23/h3-13,23-25,28-29H,14-15H2,1-2H3,(H,27,30). The Hall–Kier alpha value is -3.15. The first-order chi connectivity index (χ1) is 15.0. The molecule has 160 valence electrons. The predicted molar refractivity (Wildman–Crippen MR) is 120 cm³/mol. The van der Waals surface area contributed by atoms with E-state index in [9.17, 15) is 15.0 Å². The molecule has 0 aliphatic heterocycles. The Kier molecular flexibility index (Phi) is 6.07. The number of aliphatic hydroxyl groups is 2. The number of aryl methyl sites for hydroxylation is 1. The lowest BCUT2D eigenvalue weighted by atomic mass is 9.96.